The molecule has 0 radical (unpaired) electrons. The molecule has 92 valence electrons. The van der Waals surface area contributed by atoms with Gasteiger partial charge in [0.25, 0.3) is 0 Å². The van der Waals surface area contributed by atoms with Crippen LogP contribution in [0.2, 0.25) is 0 Å². The lowest BCUT2D eigenvalue weighted by molar-refractivity contribution is -0.120. The van der Waals surface area contributed by atoms with Gasteiger partial charge in [-0.2, -0.15) is 0 Å². The molecule has 0 atom stereocenters. The summed E-state index contributed by atoms with van der Waals surface area (Å²) in [6.45, 7) is 3.31. The molecule has 1 saturated carbocycles. The molecule has 0 aromatic rings. The Morgan fingerprint density at radius 1 is 1.44 bits per heavy atom. The summed E-state index contributed by atoms with van der Waals surface area (Å²) in [5.74, 6) is 1.30. The minimum absolute atomic E-state index is 0.0739. The van der Waals surface area contributed by atoms with Gasteiger partial charge in [0.15, 0.2) is 0 Å². The van der Waals surface area contributed by atoms with Crippen molar-refractivity contribution in [1.29, 1.82) is 0 Å². The molecular formula is C12H23N3O. The molecule has 0 spiro atoms. The van der Waals surface area contributed by atoms with Crippen LogP contribution in [0.3, 0.4) is 0 Å². The maximum absolute atomic E-state index is 11.3. The third-order valence-electron chi connectivity index (χ3n) is 2.98. The summed E-state index contributed by atoms with van der Waals surface area (Å²) in [6.07, 6.45) is 6.27. The Kier molecular flexibility index (Phi) is 5.90. The molecule has 1 aliphatic rings. The molecule has 3 N–H and O–H groups in total. The molecule has 0 heterocycles. The van der Waals surface area contributed by atoms with Crippen molar-refractivity contribution in [3.63, 3.8) is 0 Å². The van der Waals surface area contributed by atoms with Crippen LogP contribution in [0.1, 0.15) is 45.4 Å². The highest BCUT2D eigenvalue weighted by Gasteiger charge is 2.18. The van der Waals surface area contributed by atoms with Crippen molar-refractivity contribution in [2.45, 2.75) is 45.4 Å². The van der Waals surface area contributed by atoms with E-state index in [2.05, 4.69) is 10.3 Å². The van der Waals surface area contributed by atoms with Crippen LogP contribution in [-0.2, 0) is 4.79 Å². The third kappa shape index (κ3) is 4.64. The number of carbonyl (C=O) groups excluding carboxylic acids is 1. The summed E-state index contributed by atoms with van der Waals surface area (Å²) in [5, 5.41) is 2.83. The first kappa shape index (κ1) is 13.0. The lowest BCUT2D eigenvalue weighted by Crippen LogP contribution is -2.26. The van der Waals surface area contributed by atoms with E-state index in [1.54, 1.807) is 0 Å². The molecule has 1 aliphatic carbocycles. The van der Waals surface area contributed by atoms with E-state index >= 15 is 0 Å². The third-order valence-corrected chi connectivity index (χ3v) is 2.98. The maximum Gasteiger partial charge on any atom is 0.221 e. The zero-order valence-corrected chi connectivity index (χ0v) is 10.2. The number of hydrogen-bond donors (Lipinski definition) is 2. The highest BCUT2D eigenvalue weighted by molar-refractivity contribution is 5.83. The van der Waals surface area contributed by atoms with Crippen LogP contribution >= 0.6 is 0 Å². The summed E-state index contributed by atoms with van der Waals surface area (Å²) in [6, 6.07) is 0. The minimum Gasteiger partial charge on any atom is -0.387 e. The van der Waals surface area contributed by atoms with Crippen molar-refractivity contribution in [2.75, 3.05) is 13.1 Å². The van der Waals surface area contributed by atoms with E-state index < -0.39 is 0 Å². The molecule has 0 aliphatic heterocycles. The van der Waals surface area contributed by atoms with Gasteiger partial charge in [-0.1, -0.05) is 19.8 Å². The molecule has 0 aromatic heterocycles. The van der Waals surface area contributed by atoms with E-state index in [0.29, 0.717) is 18.9 Å². The largest absolute Gasteiger partial charge is 0.387 e. The number of hydrogen-bond acceptors (Lipinski definition) is 2. The first-order chi connectivity index (χ1) is 7.74. The predicted octanol–water partition coefficient (Wildman–Crippen LogP) is 1.45. The number of rotatable bonds is 6. The van der Waals surface area contributed by atoms with Crippen LogP contribution in [0.5, 0.6) is 0 Å². The smallest absolute Gasteiger partial charge is 0.221 e. The van der Waals surface area contributed by atoms with Gasteiger partial charge in [0.1, 0.15) is 0 Å². The number of carbonyl (C=O) groups is 1. The zero-order chi connectivity index (χ0) is 11.8. The molecule has 4 heteroatoms. The van der Waals surface area contributed by atoms with Crippen LogP contribution in [0.4, 0.5) is 0 Å². The first-order valence-corrected chi connectivity index (χ1v) is 6.30. The average molecular weight is 225 g/mol. The number of aliphatic imine (C=N–C) groups is 1. The van der Waals surface area contributed by atoms with E-state index in [0.717, 1.165) is 31.6 Å². The molecule has 1 amide bonds. The standard InChI is InChI=1S/C12H23N3O/c1-2-8-14-11(16)7-9-15-12(13)10-5-3-4-6-10/h10H,2-9H2,1H3,(H2,13,15)(H,14,16). The predicted molar refractivity (Wildman–Crippen MR) is 66.4 cm³/mol. The lowest BCUT2D eigenvalue weighted by atomic mass is 10.1. The number of nitrogens with two attached hydrogens (primary N) is 1. The van der Waals surface area contributed by atoms with E-state index in [4.69, 9.17) is 5.73 Å². The minimum atomic E-state index is 0.0739. The second-order valence-electron chi connectivity index (χ2n) is 4.39. The number of amidine groups is 1. The van der Waals surface area contributed by atoms with E-state index in [9.17, 15) is 4.79 Å². The lowest BCUT2D eigenvalue weighted by Gasteiger charge is -2.08. The fourth-order valence-corrected chi connectivity index (χ4v) is 1.99. The van der Waals surface area contributed by atoms with Gasteiger partial charge in [0.05, 0.1) is 5.84 Å². The van der Waals surface area contributed by atoms with E-state index in [1.165, 1.54) is 12.8 Å². The normalized spacial score (nSPS) is 17.7. The SMILES string of the molecule is CCCNC(=O)CCN=C(N)C1CCCC1. The molecule has 1 fully saturated rings. The van der Waals surface area contributed by atoms with Gasteiger partial charge in [-0.25, -0.2) is 0 Å². The van der Waals surface area contributed by atoms with Crippen LogP contribution in [0.15, 0.2) is 4.99 Å². The van der Waals surface area contributed by atoms with Crippen LogP contribution < -0.4 is 11.1 Å². The fraction of sp³-hybridized carbons (Fsp3) is 0.833. The summed E-state index contributed by atoms with van der Waals surface area (Å²) in [7, 11) is 0. The molecular weight excluding hydrogens is 202 g/mol. The quantitative estimate of drug-likeness (QED) is 0.530. The van der Waals surface area contributed by atoms with Crippen molar-refractivity contribution >= 4 is 11.7 Å². The Labute approximate surface area is 97.7 Å². The summed E-state index contributed by atoms with van der Waals surface area (Å²) < 4.78 is 0. The Hall–Kier alpha value is -1.06. The number of nitrogens with one attached hydrogen (secondary N) is 1. The van der Waals surface area contributed by atoms with Crippen molar-refractivity contribution in [2.24, 2.45) is 16.6 Å². The highest BCUT2D eigenvalue weighted by atomic mass is 16.1. The van der Waals surface area contributed by atoms with Crippen molar-refractivity contribution < 1.29 is 4.79 Å². The molecule has 0 saturated heterocycles. The molecule has 4 nitrogen and oxygen atoms in total. The van der Waals surface area contributed by atoms with Gasteiger partial charge in [-0.05, 0) is 19.3 Å². The first-order valence-electron chi connectivity index (χ1n) is 6.30. The van der Waals surface area contributed by atoms with Crippen LogP contribution in [0.25, 0.3) is 0 Å². The molecule has 0 bridgehead atoms. The van der Waals surface area contributed by atoms with Gasteiger partial charge in [0.2, 0.25) is 5.91 Å². The number of amides is 1. The van der Waals surface area contributed by atoms with Crippen molar-refractivity contribution in [3.8, 4) is 0 Å². The summed E-state index contributed by atoms with van der Waals surface area (Å²) >= 11 is 0. The second kappa shape index (κ2) is 7.25. The van der Waals surface area contributed by atoms with Gasteiger partial charge >= 0.3 is 0 Å². The second-order valence-corrected chi connectivity index (χ2v) is 4.39. The molecule has 0 unspecified atom stereocenters. The van der Waals surface area contributed by atoms with Crippen molar-refractivity contribution in [3.05, 3.63) is 0 Å². The highest BCUT2D eigenvalue weighted by Crippen LogP contribution is 2.24. The average Bonchev–Trinajstić information content (AvgIpc) is 2.79. The van der Waals surface area contributed by atoms with Crippen LogP contribution in [-0.4, -0.2) is 24.8 Å². The molecule has 0 aromatic carbocycles. The monoisotopic (exact) mass is 225 g/mol. The summed E-state index contributed by atoms with van der Waals surface area (Å²) in [5.41, 5.74) is 5.88. The molecule has 16 heavy (non-hydrogen) atoms. The zero-order valence-electron chi connectivity index (χ0n) is 10.2. The summed E-state index contributed by atoms with van der Waals surface area (Å²) in [4.78, 5) is 15.6. The fourth-order valence-electron chi connectivity index (χ4n) is 1.99. The van der Waals surface area contributed by atoms with Gasteiger partial charge in [-0.15, -0.1) is 0 Å². The van der Waals surface area contributed by atoms with Gasteiger partial charge in [0, 0.05) is 25.4 Å². The van der Waals surface area contributed by atoms with Gasteiger partial charge < -0.3 is 11.1 Å². The van der Waals surface area contributed by atoms with E-state index in [1.807, 2.05) is 6.92 Å². The Morgan fingerprint density at radius 2 is 2.12 bits per heavy atom. The Morgan fingerprint density at radius 3 is 2.75 bits per heavy atom. The van der Waals surface area contributed by atoms with Crippen molar-refractivity contribution in [1.82, 2.24) is 5.32 Å². The maximum atomic E-state index is 11.3. The Bertz CT molecular complexity index is 245. The Balaban J connectivity index is 2.17. The van der Waals surface area contributed by atoms with Crippen LogP contribution in [0, 0.1) is 5.92 Å². The number of nitrogens with zero attached hydrogens (tertiary/aromatic N) is 1. The molecule has 1 rings (SSSR count). The topological polar surface area (TPSA) is 67.5 Å². The van der Waals surface area contributed by atoms with E-state index in [-0.39, 0.29) is 5.91 Å². The van der Waals surface area contributed by atoms with Gasteiger partial charge in [-0.3, -0.25) is 9.79 Å².